The monoisotopic (exact) mass is 385 g/mol. The van der Waals surface area contributed by atoms with Gasteiger partial charge in [0.05, 0.1) is 12.3 Å². The fourth-order valence-corrected chi connectivity index (χ4v) is 4.58. The molecule has 1 heterocycles. The second-order valence-electron chi connectivity index (χ2n) is 7.68. The second-order valence-corrected chi connectivity index (χ2v) is 7.68. The Hall–Kier alpha value is -3.11. The van der Waals surface area contributed by atoms with Crippen molar-refractivity contribution >= 4 is 11.8 Å². The molecule has 5 rings (SSSR count). The molecule has 0 saturated carbocycles. The molecule has 29 heavy (non-hydrogen) atoms. The zero-order valence-electron chi connectivity index (χ0n) is 16.2. The first kappa shape index (κ1) is 18.0. The average Bonchev–Trinajstić information content (AvgIpc) is 3.10. The number of ether oxygens (including phenoxy) is 1. The number of aryl methyl sites for hydroxylation is 1. The molecule has 3 aromatic rings. The summed E-state index contributed by atoms with van der Waals surface area (Å²) in [5, 5.41) is 9.46. The maximum atomic E-state index is 13.0. The van der Waals surface area contributed by atoms with Crippen molar-refractivity contribution in [1.29, 1.82) is 0 Å². The molecule has 0 aromatic heterocycles. The minimum absolute atomic E-state index is 0.0359. The lowest BCUT2D eigenvalue weighted by Crippen LogP contribution is -2.36. The molecule has 146 valence electrons. The molecule has 2 aliphatic rings. The van der Waals surface area contributed by atoms with Gasteiger partial charge in [-0.25, -0.2) is 4.79 Å². The summed E-state index contributed by atoms with van der Waals surface area (Å²) >= 11 is 0. The number of hydrogen-bond acceptors (Lipinski definition) is 3. The van der Waals surface area contributed by atoms with Gasteiger partial charge < -0.3 is 9.84 Å². The van der Waals surface area contributed by atoms with E-state index in [9.17, 15) is 9.90 Å². The number of rotatable bonds is 3. The van der Waals surface area contributed by atoms with Gasteiger partial charge in [0.1, 0.15) is 6.61 Å². The number of aliphatic hydroxyl groups is 1. The van der Waals surface area contributed by atoms with E-state index in [0.29, 0.717) is 13.2 Å². The van der Waals surface area contributed by atoms with E-state index in [4.69, 9.17) is 4.74 Å². The summed E-state index contributed by atoms with van der Waals surface area (Å²) in [6.45, 7) is 0.919. The SMILES string of the molecule is O=C(OCC1c2ccccc2-c2ccccc21)N1CCCc2ccc(CO)cc21. The molecule has 1 aliphatic carbocycles. The second kappa shape index (κ2) is 7.37. The maximum Gasteiger partial charge on any atom is 0.414 e. The Labute approximate surface area is 170 Å². The van der Waals surface area contributed by atoms with Gasteiger partial charge in [0.25, 0.3) is 0 Å². The number of aliphatic hydroxyl groups excluding tert-OH is 1. The highest BCUT2D eigenvalue weighted by molar-refractivity contribution is 5.89. The molecule has 0 atom stereocenters. The van der Waals surface area contributed by atoms with Crippen LogP contribution in [0.5, 0.6) is 0 Å². The van der Waals surface area contributed by atoms with Gasteiger partial charge in [-0.15, -0.1) is 0 Å². The Balaban J connectivity index is 1.39. The third kappa shape index (κ3) is 3.10. The lowest BCUT2D eigenvalue weighted by Gasteiger charge is -2.29. The number of benzene rings is 3. The summed E-state index contributed by atoms with van der Waals surface area (Å²) < 4.78 is 5.83. The van der Waals surface area contributed by atoms with E-state index in [0.717, 1.165) is 29.7 Å². The van der Waals surface area contributed by atoms with Crippen LogP contribution in [0.15, 0.2) is 66.7 Å². The third-order valence-corrected chi connectivity index (χ3v) is 6.01. The van der Waals surface area contributed by atoms with Crippen LogP contribution in [0, 0.1) is 0 Å². The first-order valence-corrected chi connectivity index (χ1v) is 10.1. The molecular weight excluding hydrogens is 362 g/mol. The lowest BCUT2D eigenvalue weighted by atomic mass is 9.98. The predicted octanol–water partition coefficient (Wildman–Crippen LogP) is 4.88. The fraction of sp³-hybridized carbons (Fsp3) is 0.240. The zero-order valence-corrected chi connectivity index (χ0v) is 16.2. The lowest BCUT2D eigenvalue weighted by molar-refractivity contribution is 0.150. The van der Waals surface area contributed by atoms with E-state index < -0.39 is 0 Å². The number of carbonyl (C=O) groups excluding carboxylic acids is 1. The van der Waals surface area contributed by atoms with E-state index >= 15 is 0 Å². The molecule has 4 heteroatoms. The fourth-order valence-electron chi connectivity index (χ4n) is 4.58. The first-order valence-electron chi connectivity index (χ1n) is 10.1. The van der Waals surface area contributed by atoms with Crippen LogP contribution in [-0.4, -0.2) is 24.4 Å². The summed E-state index contributed by atoms with van der Waals surface area (Å²) in [6, 6.07) is 22.5. The molecule has 0 radical (unpaired) electrons. The highest BCUT2D eigenvalue weighted by Gasteiger charge is 2.30. The average molecular weight is 385 g/mol. The predicted molar refractivity (Wildman–Crippen MR) is 113 cm³/mol. The van der Waals surface area contributed by atoms with Crippen molar-refractivity contribution in [3.63, 3.8) is 0 Å². The van der Waals surface area contributed by atoms with Crippen molar-refractivity contribution in [3.8, 4) is 11.1 Å². The van der Waals surface area contributed by atoms with Crippen LogP contribution in [0.25, 0.3) is 11.1 Å². The minimum atomic E-state index is -0.317. The molecule has 3 aromatic carbocycles. The Morgan fingerprint density at radius 3 is 2.38 bits per heavy atom. The van der Waals surface area contributed by atoms with Crippen LogP contribution >= 0.6 is 0 Å². The molecule has 0 bridgehead atoms. The molecule has 4 nitrogen and oxygen atoms in total. The van der Waals surface area contributed by atoms with E-state index in [1.165, 1.54) is 22.3 Å². The highest BCUT2D eigenvalue weighted by Crippen LogP contribution is 2.44. The number of hydrogen-bond donors (Lipinski definition) is 1. The minimum Gasteiger partial charge on any atom is -0.448 e. The summed E-state index contributed by atoms with van der Waals surface area (Å²) in [5.41, 5.74) is 7.66. The molecule has 1 N–H and O–H groups in total. The molecule has 0 spiro atoms. The van der Waals surface area contributed by atoms with Crippen LogP contribution in [0.2, 0.25) is 0 Å². The van der Waals surface area contributed by atoms with E-state index in [-0.39, 0.29) is 18.6 Å². The molecule has 0 unspecified atom stereocenters. The van der Waals surface area contributed by atoms with Crippen LogP contribution in [0.4, 0.5) is 10.5 Å². The van der Waals surface area contributed by atoms with E-state index in [1.54, 1.807) is 4.90 Å². The standard InChI is InChI=1S/C25H23NO3/c27-15-17-11-12-18-6-5-13-26(24(18)14-17)25(28)29-16-23-21-9-3-1-7-19(21)20-8-2-4-10-22(20)23/h1-4,7-12,14,23,27H,5-6,13,15-16H2. The maximum absolute atomic E-state index is 13.0. The van der Waals surface area contributed by atoms with Crippen LogP contribution < -0.4 is 4.90 Å². The van der Waals surface area contributed by atoms with E-state index in [1.807, 2.05) is 42.5 Å². The van der Waals surface area contributed by atoms with Gasteiger partial charge in [-0.2, -0.15) is 0 Å². The van der Waals surface area contributed by atoms with Crippen LogP contribution in [0.1, 0.15) is 34.6 Å². The number of carbonyl (C=O) groups is 1. The third-order valence-electron chi connectivity index (χ3n) is 6.01. The number of anilines is 1. The van der Waals surface area contributed by atoms with E-state index in [2.05, 4.69) is 24.3 Å². The number of amides is 1. The van der Waals surface area contributed by atoms with Crippen molar-refractivity contribution in [2.24, 2.45) is 0 Å². The quantitative estimate of drug-likeness (QED) is 0.699. The Bertz CT molecular complexity index is 1030. The van der Waals surface area contributed by atoms with Crippen molar-refractivity contribution in [2.45, 2.75) is 25.4 Å². The Morgan fingerprint density at radius 2 is 1.69 bits per heavy atom. The molecule has 1 amide bonds. The van der Waals surface area contributed by atoms with Gasteiger partial charge in [0, 0.05) is 12.5 Å². The van der Waals surface area contributed by atoms with Gasteiger partial charge in [-0.05, 0) is 52.3 Å². The van der Waals surface area contributed by atoms with Crippen molar-refractivity contribution in [2.75, 3.05) is 18.1 Å². The molecule has 1 aliphatic heterocycles. The van der Waals surface area contributed by atoms with Gasteiger partial charge in [-0.3, -0.25) is 4.90 Å². The zero-order chi connectivity index (χ0) is 19.8. The summed E-state index contributed by atoms with van der Waals surface area (Å²) in [7, 11) is 0. The van der Waals surface area contributed by atoms with Crippen molar-refractivity contribution in [1.82, 2.24) is 0 Å². The van der Waals surface area contributed by atoms with Gasteiger partial charge in [0.2, 0.25) is 0 Å². The largest absolute Gasteiger partial charge is 0.448 e. The summed E-state index contributed by atoms with van der Waals surface area (Å²) in [4.78, 5) is 14.7. The Morgan fingerprint density at radius 1 is 1.00 bits per heavy atom. The van der Waals surface area contributed by atoms with Crippen LogP contribution in [-0.2, 0) is 17.8 Å². The highest BCUT2D eigenvalue weighted by atomic mass is 16.6. The van der Waals surface area contributed by atoms with Gasteiger partial charge >= 0.3 is 6.09 Å². The van der Waals surface area contributed by atoms with Gasteiger partial charge in [0.15, 0.2) is 0 Å². The van der Waals surface area contributed by atoms with Gasteiger partial charge in [-0.1, -0.05) is 60.7 Å². The number of nitrogens with zero attached hydrogens (tertiary/aromatic N) is 1. The topological polar surface area (TPSA) is 49.8 Å². The molecular formula is C25H23NO3. The molecule has 0 fully saturated rings. The summed E-state index contributed by atoms with van der Waals surface area (Å²) in [6.07, 6.45) is 1.53. The summed E-state index contributed by atoms with van der Waals surface area (Å²) in [5.74, 6) is 0.0550. The first-order chi connectivity index (χ1) is 14.3. The van der Waals surface area contributed by atoms with Crippen molar-refractivity contribution < 1.29 is 14.6 Å². The van der Waals surface area contributed by atoms with Crippen LogP contribution in [0.3, 0.4) is 0 Å². The number of fused-ring (bicyclic) bond motifs is 4. The van der Waals surface area contributed by atoms with Crippen molar-refractivity contribution in [3.05, 3.63) is 89.0 Å². The normalized spacial score (nSPS) is 14.9. The Kier molecular flexibility index (Phi) is 4.57. The molecule has 0 saturated heterocycles. The smallest absolute Gasteiger partial charge is 0.414 e.